The van der Waals surface area contributed by atoms with Crippen molar-refractivity contribution in [3.63, 3.8) is 0 Å². The van der Waals surface area contributed by atoms with Crippen LogP contribution >= 0.6 is 0 Å². The van der Waals surface area contributed by atoms with Crippen molar-refractivity contribution < 1.29 is 18.0 Å². The Balaban J connectivity index is 1.69. The number of halogens is 3. The molecule has 0 fully saturated rings. The molecule has 0 aliphatic carbocycles. The van der Waals surface area contributed by atoms with Crippen LogP contribution in [0.4, 0.5) is 30.5 Å². The summed E-state index contributed by atoms with van der Waals surface area (Å²) in [4.78, 5) is 19.8. The molecule has 4 aromatic rings. The Morgan fingerprint density at radius 1 is 1.06 bits per heavy atom. The SMILES string of the molecule is CC(=O)Nc1ccc(Nc2ncc3c(C)nc(-c4cccc(C(F)(F)F)c4)n3n2)cc1. The lowest BCUT2D eigenvalue weighted by Crippen LogP contribution is -2.06. The zero-order chi connectivity index (χ0) is 22.2. The molecule has 0 saturated carbocycles. The van der Waals surface area contributed by atoms with Gasteiger partial charge in [0.15, 0.2) is 5.82 Å². The topological polar surface area (TPSA) is 84.2 Å². The van der Waals surface area contributed by atoms with E-state index in [4.69, 9.17) is 0 Å². The van der Waals surface area contributed by atoms with Crippen LogP contribution in [0, 0.1) is 6.92 Å². The highest BCUT2D eigenvalue weighted by atomic mass is 19.4. The second kappa shape index (κ2) is 7.71. The maximum absolute atomic E-state index is 13.1. The number of aromatic nitrogens is 4. The number of carbonyl (C=O) groups excluding carboxylic acids is 1. The summed E-state index contributed by atoms with van der Waals surface area (Å²) < 4.78 is 40.8. The quantitative estimate of drug-likeness (QED) is 0.489. The normalized spacial score (nSPS) is 11.5. The number of amides is 1. The Hall–Kier alpha value is -3.95. The third kappa shape index (κ3) is 4.32. The second-order valence-corrected chi connectivity index (χ2v) is 6.86. The molecule has 0 unspecified atom stereocenters. The van der Waals surface area contributed by atoms with Gasteiger partial charge in [0, 0.05) is 23.9 Å². The maximum Gasteiger partial charge on any atom is 0.416 e. The fraction of sp³-hybridized carbons (Fsp3) is 0.143. The lowest BCUT2D eigenvalue weighted by molar-refractivity contribution is -0.137. The van der Waals surface area contributed by atoms with Crippen molar-refractivity contribution in [3.8, 4) is 11.4 Å². The van der Waals surface area contributed by atoms with Crippen LogP contribution in [-0.2, 0) is 11.0 Å². The van der Waals surface area contributed by atoms with Gasteiger partial charge in [-0.2, -0.15) is 13.2 Å². The van der Waals surface area contributed by atoms with Crippen LogP contribution in [0.5, 0.6) is 0 Å². The number of hydrogen-bond acceptors (Lipinski definition) is 5. The van der Waals surface area contributed by atoms with Gasteiger partial charge in [-0.15, -0.1) is 5.10 Å². The van der Waals surface area contributed by atoms with Crippen LogP contribution in [0.1, 0.15) is 18.2 Å². The van der Waals surface area contributed by atoms with E-state index in [0.29, 0.717) is 28.1 Å². The van der Waals surface area contributed by atoms with Gasteiger partial charge in [-0.1, -0.05) is 12.1 Å². The molecule has 31 heavy (non-hydrogen) atoms. The molecule has 158 valence electrons. The van der Waals surface area contributed by atoms with Crippen LogP contribution in [0.15, 0.2) is 54.7 Å². The zero-order valence-electron chi connectivity index (χ0n) is 16.5. The first-order chi connectivity index (χ1) is 14.7. The van der Waals surface area contributed by atoms with Crippen molar-refractivity contribution >= 4 is 28.7 Å². The fourth-order valence-electron chi connectivity index (χ4n) is 3.07. The Labute approximate surface area is 175 Å². The number of nitrogens with one attached hydrogen (secondary N) is 2. The highest BCUT2D eigenvalue weighted by Gasteiger charge is 2.30. The third-order valence-electron chi connectivity index (χ3n) is 4.49. The smallest absolute Gasteiger partial charge is 0.326 e. The van der Waals surface area contributed by atoms with Gasteiger partial charge in [0.2, 0.25) is 11.9 Å². The van der Waals surface area contributed by atoms with Gasteiger partial charge in [-0.05, 0) is 43.3 Å². The minimum Gasteiger partial charge on any atom is -0.326 e. The summed E-state index contributed by atoms with van der Waals surface area (Å²) in [6.45, 7) is 3.16. The van der Waals surface area contributed by atoms with E-state index in [9.17, 15) is 18.0 Å². The fourth-order valence-corrected chi connectivity index (χ4v) is 3.07. The average molecular weight is 426 g/mol. The molecular weight excluding hydrogens is 409 g/mol. The summed E-state index contributed by atoms with van der Waals surface area (Å²) >= 11 is 0. The Kier molecular flexibility index (Phi) is 5.05. The van der Waals surface area contributed by atoms with Crippen LogP contribution in [-0.4, -0.2) is 25.5 Å². The summed E-state index contributed by atoms with van der Waals surface area (Å²) in [5.74, 6) is 0.350. The van der Waals surface area contributed by atoms with Gasteiger partial charge >= 0.3 is 6.18 Å². The molecule has 1 amide bonds. The summed E-state index contributed by atoms with van der Waals surface area (Å²) in [5.41, 5.74) is 2.03. The Bertz CT molecular complexity index is 1260. The summed E-state index contributed by atoms with van der Waals surface area (Å²) in [6, 6.07) is 11.9. The molecule has 0 spiro atoms. The van der Waals surface area contributed by atoms with E-state index in [2.05, 4.69) is 25.7 Å². The first-order valence-electron chi connectivity index (χ1n) is 9.25. The molecule has 0 aliphatic heterocycles. The average Bonchev–Trinajstić information content (AvgIpc) is 3.05. The molecule has 10 heteroatoms. The number of fused-ring (bicyclic) bond motifs is 1. The lowest BCUT2D eigenvalue weighted by Gasteiger charge is -2.09. The second-order valence-electron chi connectivity index (χ2n) is 6.86. The summed E-state index contributed by atoms with van der Waals surface area (Å²) in [7, 11) is 0. The van der Waals surface area contributed by atoms with E-state index < -0.39 is 11.7 Å². The molecule has 2 aromatic heterocycles. The molecule has 4 rings (SSSR count). The van der Waals surface area contributed by atoms with Crippen molar-refractivity contribution in [3.05, 3.63) is 66.0 Å². The van der Waals surface area contributed by atoms with E-state index in [1.54, 1.807) is 43.5 Å². The van der Waals surface area contributed by atoms with Gasteiger partial charge in [-0.3, -0.25) is 4.79 Å². The van der Waals surface area contributed by atoms with Crippen molar-refractivity contribution in [2.75, 3.05) is 10.6 Å². The number of rotatable bonds is 4. The molecule has 2 N–H and O–H groups in total. The van der Waals surface area contributed by atoms with Gasteiger partial charge in [0.25, 0.3) is 0 Å². The monoisotopic (exact) mass is 426 g/mol. The van der Waals surface area contributed by atoms with Crippen LogP contribution in [0.3, 0.4) is 0 Å². The Morgan fingerprint density at radius 2 is 1.77 bits per heavy atom. The van der Waals surface area contributed by atoms with Gasteiger partial charge in [0.05, 0.1) is 17.5 Å². The molecule has 2 aromatic carbocycles. The van der Waals surface area contributed by atoms with Crippen LogP contribution in [0.2, 0.25) is 0 Å². The third-order valence-corrected chi connectivity index (χ3v) is 4.49. The van der Waals surface area contributed by atoms with Crippen molar-refractivity contribution in [2.45, 2.75) is 20.0 Å². The van der Waals surface area contributed by atoms with Crippen molar-refractivity contribution in [2.24, 2.45) is 0 Å². The molecule has 0 saturated heterocycles. The summed E-state index contributed by atoms with van der Waals surface area (Å²) in [5, 5.41) is 10.1. The van der Waals surface area contributed by atoms with Crippen molar-refractivity contribution in [1.82, 2.24) is 19.6 Å². The van der Waals surface area contributed by atoms with Crippen molar-refractivity contribution in [1.29, 1.82) is 0 Å². The predicted octanol–water partition coefficient (Wildman–Crippen LogP) is 4.82. The van der Waals surface area contributed by atoms with E-state index in [1.165, 1.54) is 17.5 Å². The van der Waals surface area contributed by atoms with E-state index >= 15 is 0 Å². The first kappa shape index (κ1) is 20.3. The Morgan fingerprint density at radius 3 is 2.45 bits per heavy atom. The molecule has 0 bridgehead atoms. The minimum atomic E-state index is -4.46. The highest BCUT2D eigenvalue weighted by molar-refractivity contribution is 5.88. The maximum atomic E-state index is 13.1. The number of aryl methyl sites for hydroxylation is 1. The molecule has 2 heterocycles. The standard InChI is InChI=1S/C21H17F3N6O/c1-12-18-11-25-20(28-17-8-6-16(7-9-17)27-13(2)31)29-30(18)19(26-12)14-4-3-5-15(10-14)21(22,23)24/h3-11H,1-2H3,(H,27,31)(H,28,29). The number of anilines is 3. The largest absolute Gasteiger partial charge is 0.416 e. The predicted molar refractivity (Wildman–Crippen MR) is 110 cm³/mol. The van der Waals surface area contributed by atoms with E-state index in [1.807, 2.05) is 0 Å². The number of alkyl halides is 3. The van der Waals surface area contributed by atoms with Crippen LogP contribution in [0.25, 0.3) is 16.9 Å². The molecule has 0 atom stereocenters. The van der Waals surface area contributed by atoms with E-state index in [0.717, 1.165) is 12.1 Å². The molecule has 0 aliphatic rings. The molecule has 0 radical (unpaired) electrons. The zero-order valence-corrected chi connectivity index (χ0v) is 16.5. The van der Waals surface area contributed by atoms with Crippen LogP contribution < -0.4 is 10.6 Å². The number of hydrogen-bond donors (Lipinski definition) is 2. The lowest BCUT2D eigenvalue weighted by atomic mass is 10.1. The number of benzene rings is 2. The van der Waals surface area contributed by atoms with Gasteiger partial charge in [0.1, 0.15) is 5.52 Å². The van der Waals surface area contributed by atoms with E-state index in [-0.39, 0.29) is 17.7 Å². The number of nitrogens with zero attached hydrogens (tertiary/aromatic N) is 4. The highest BCUT2D eigenvalue weighted by Crippen LogP contribution is 2.32. The number of imidazole rings is 1. The minimum absolute atomic E-state index is 0.174. The summed E-state index contributed by atoms with van der Waals surface area (Å²) in [6.07, 6.45) is -2.90. The number of carbonyl (C=O) groups is 1. The van der Waals surface area contributed by atoms with Gasteiger partial charge in [-0.25, -0.2) is 14.5 Å². The van der Waals surface area contributed by atoms with Gasteiger partial charge < -0.3 is 10.6 Å². The first-order valence-corrected chi connectivity index (χ1v) is 9.25. The molecule has 7 nitrogen and oxygen atoms in total. The molecular formula is C21H17F3N6O.